The predicted molar refractivity (Wildman–Crippen MR) is 65.9 cm³/mol. The second-order valence-corrected chi connectivity index (χ2v) is 4.31. The summed E-state index contributed by atoms with van der Waals surface area (Å²) >= 11 is 0. The maximum atomic E-state index is 11.1. The molecule has 1 unspecified atom stereocenters. The van der Waals surface area contributed by atoms with Crippen LogP contribution in [-0.4, -0.2) is 24.6 Å². The average Bonchev–Trinajstić information content (AvgIpc) is 2.74. The predicted octanol–water partition coefficient (Wildman–Crippen LogP) is 1.11. The van der Waals surface area contributed by atoms with Crippen LogP contribution in [0.2, 0.25) is 0 Å². The summed E-state index contributed by atoms with van der Waals surface area (Å²) in [7, 11) is 1.64. The molecule has 1 atom stereocenters. The molecule has 0 radical (unpaired) electrons. The largest absolute Gasteiger partial charge is 0.508 e. The monoisotopic (exact) mass is 234 g/mol. The van der Waals surface area contributed by atoms with Crippen molar-refractivity contribution in [3.8, 4) is 5.75 Å². The van der Waals surface area contributed by atoms with Gasteiger partial charge in [0, 0.05) is 26.1 Å². The van der Waals surface area contributed by atoms with E-state index in [-0.39, 0.29) is 11.9 Å². The smallest absolute Gasteiger partial charge is 0.221 e. The van der Waals surface area contributed by atoms with E-state index in [1.165, 1.54) is 5.56 Å². The molecule has 2 rings (SSSR count). The second kappa shape index (κ2) is 5.19. The Morgan fingerprint density at radius 3 is 3.12 bits per heavy atom. The van der Waals surface area contributed by atoms with Crippen LogP contribution in [0.5, 0.6) is 5.75 Å². The fraction of sp³-hybridized carbons (Fsp3) is 0.462. The molecule has 4 heteroatoms. The van der Waals surface area contributed by atoms with Gasteiger partial charge in [0.15, 0.2) is 0 Å². The van der Waals surface area contributed by atoms with E-state index in [9.17, 15) is 9.90 Å². The maximum Gasteiger partial charge on any atom is 0.221 e. The first-order valence-corrected chi connectivity index (χ1v) is 5.97. The van der Waals surface area contributed by atoms with E-state index in [1.54, 1.807) is 13.1 Å². The summed E-state index contributed by atoms with van der Waals surface area (Å²) in [6, 6.07) is 5.90. The molecule has 0 spiro atoms. The molecule has 0 heterocycles. The lowest BCUT2D eigenvalue weighted by molar-refractivity contribution is -0.120. The van der Waals surface area contributed by atoms with Crippen molar-refractivity contribution in [2.24, 2.45) is 0 Å². The molecule has 92 valence electrons. The van der Waals surface area contributed by atoms with Crippen LogP contribution < -0.4 is 10.6 Å². The van der Waals surface area contributed by atoms with Crippen LogP contribution in [-0.2, 0) is 11.2 Å². The number of rotatable bonds is 4. The minimum Gasteiger partial charge on any atom is -0.508 e. The van der Waals surface area contributed by atoms with Gasteiger partial charge in [-0.05, 0) is 30.0 Å². The molecule has 0 aromatic heterocycles. The Morgan fingerprint density at radius 2 is 2.35 bits per heavy atom. The molecule has 0 fully saturated rings. The SMILES string of the molecule is CNC(=O)CCNC1CCc2c(O)cccc21. The number of hydrogen-bond donors (Lipinski definition) is 3. The van der Waals surface area contributed by atoms with Gasteiger partial charge in [-0.3, -0.25) is 4.79 Å². The van der Waals surface area contributed by atoms with Gasteiger partial charge in [0.05, 0.1) is 0 Å². The third kappa shape index (κ3) is 2.58. The molecule has 1 aliphatic rings. The zero-order chi connectivity index (χ0) is 12.3. The number of phenols is 1. The minimum atomic E-state index is 0.0478. The third-order valence-electron chi connectivity index (χ3n) is 3.27. The summed E-state index contributed by atoms with van der Waals surface area (Å²) in [4.78, 5) is 11.1. The average molecular weight is 234 g/mol. The van der Waals surface area contributed by atoms with Gasteiger partial charge in [0.1, 0.15) is 5.75 Å². The van der Waals surface area contributed by atoms with E-state index >= 15 is 0 Å². The molecule has 1 amide bonds. The zero-order valence-electron chi connectivity index (χ0n) is 9.99. The lowest BCUT2D eigenvalue weighted by atomic mass is 10.1. The van der Waals surface area contributed by atoms with Crippen molar-refractivity contribution >= 4 is 5.91 Å². The molecule has 1 aromatic carbocycles. The molecular formula is C13H18N2O2. The standard InChI is InChI=1S/C13H18N2O2/c1-14-13(17)7-8-15-11-6-5-10-9(11)3-2-4-12(10)16/h2-4,11,15-16H,5-8H2,1H3,(H,14,17). The Balaban J connectivity index is 1.94. The third-order valence-corrected chi connectivity index (χ3v) is 3.27. The van der Waals surface area contributed by atoms with Crippen LogP contribution in [0.15, 0.2) is 18.2 Å². The molecule has 0 saturated heterocycles. The van der Waals surface area contributed by atoms with Crippen molar-refractivity contribution in [2.75, 3.05) is 13.6 Å². The number of fused-ring (bicyclic) bond motifs is 1. The first kappa shape index (κ1) is 11.9. The van der Waals surface area contributed by atoms with E-state index in [4.69, 9.17) is 0 Å². The molecule has 3 N–H and O–H groups in total. The van der Waals surface area contributed by atoms with Crippen LogP contribution in [0.1, 0.15) is 30.0 Å². The fourth-order valence-electron chi connectivity index (χ4n) is 2.33. The molecular weight excluding hydrogens is 216 g/mol. The first-order valence-electron chi connectivity index (χ1n) is 5.97. The second-order valence-electron chi connectivity index (χ2n) is 4.31. The summed E-state index contributed by atoms with van der Waals surface area (Å²) in [6.07, 6.45) is 2.38. The van der Waals surface area contributed by atoms with E-state index in [1.807, 2.05) is 12.1 Å². The number of amides is 1. The number of carbonyl (C=O) groups excluding carboxylic acids is 1. The Hall–Kier alpha value is -1.55. The summed E-state index contributed by atoms with van der Waals surface area (Å²) in [5, 5.41) is 15.7. The molecule has 0 aliphatic heterocycles. The fourth-order valence-corrected chi connectivity index (χ4v) is 2.33. The van der Waals surface area contributed by atoms with Gasteiger partial charge in [-0.15, -0.1) is 0 Å². The number of carbonyl (C=O) groups is 1. The minimum absolute atomic E-state index is 0.0478. The van der Waals surface area contributed by atoms with Crippen molar-refractivity contribution in [3.63, 3.8) is 0 Å². The lowest BCUT2D eigenvalue weighted by Gasteiger charge is -2.13. The van der Waals surface area contributed by atoms with Crippen LogP contribution in [0.3, 0.4) is 0 Å². The van der Waals surface area contributed by atoms with Crippen molar-refractivity contribution in [1.29, 1.82) is 0 Å². The zero-order valence-corrected chi connectivity index (χ0v) is 9.99. The molecule has 0 bridgehead atoms. The van der Waals surface area contributed by atoms with Gasteiger partial charge >= 0.3 is 0 Å². The highest BCUT2D eigenvalue weighted by molar-refractivity contribution is 5.75. The number of nitrogens with one attached hydrogen (secondary N) is 2. The van der Waals surface area contributed by atoms with E-state index < -0.39 is 0 Å². The van der Waals surface area contributed by atoms with Gasteiger partial charge in [-0.2, -0.15) is 0 Å². The highest BCUT2D eigenvalue weighted by Gasteiger charge is 2.23. The highest BCUT2D eigenvalue weighted by atomic mass is 16.3. The van der Waals surface area contributed by atoms with Crippen LogP contribution in [0.4, 0.5) is 0 Å². The topological polar surface area (TPSA) is 61.4 Å². The normalized spacial score (nSPS) is 17.8. The summed E-state index contributed by atoms with van der Waals surface area (Å²) in [5.41, 5.74) is 2.21. The Labute approximate surface area is 101 Å². The molecule has 1 aromatic rings. The van der Waals surface area contributed by atoms with Gasteiger partial charge in [0.25, 0.3) is 0 Å². The van der Waals surface area contributed by atoms with Gasteiger partial charge in [0.2, 0.25) is 5.91 Å². The van der Waals surface area contributed by atoms with Gasteiger partial charge in [-0.25, -0.2) is 0 Å². The van der Waals surface area contributed by atoms with E-state index in [0.717, 1.165) is 18.4 Å². The quantitative estimate of drug-likeness (QED) is 0.731. The number of phenolic OH excluding ortho intramolecular Hbond substituents is 1. The lowest BCUT2D eigenvalue weighted by Crippen LogP contribution is -2.26. The number of hydrogen-bond acceptors (Lipinski definition) is 3. The van der Waals surface area contributed by atoms with Crippen molar-refractivity contribution in [3.05, 3.63) is 29.3 Å². The number of aromatic hydroxyl groups is 1. The Kier molecular flexibility index (Phi) is 3.64. The van der Waals surface area contributed by atoms with Gasteiger partial charge < -0.3 is 15.7 Å². The summed E-state index contributed by atoms with van der Waals surface area (Å²) in [6.45, 7) is 0.666. The first-order chi connectivity index (χ1) is 8.22. The van der Waals surface area contributed by atoms with Gasteiger partial charge in [-0.1, -0.05) is 12.1 Å². The van der Waals surface area contributed by atoms with Crippen molar-refractivity contribution in [1.82, 2.24) is 10.6 Å². The molecule has 1 aliphatic carbocycles. The highest BCUT2D eigenvalue weighted by Crippen LogP contribution is 2.35. The van der Waals surface area contributed by atoms with Crippen molar-refractivity contribution < 1.29 is 9.90 Å². The Bertz CT molecular complexity index is 418. The van der Waals surface area contributed by atoms with Crippen LogP contribution in [0, 0.1) is 0 Å². The van der Waals surface area contributed by atoms with Crippen molar-refractivity contribution in [2.45, 2.75) is 25.3 Å². The summed E-state index contributed by atoms with van der Waals surface area (Å²) < 4.78 is 0. The molecule has 0 saturated carbocycles. The molecule has 4 nitrogen and oxygen atoms in total. The molecule has 17 heavy (non-hydrogen) atoms. The van der Waals surface area contributed by atoms with E-state index in [2.05, 4.69) is 10.6 Å². The summed E-state index contributed by atoms with van der Waals surface area (Å²) in [5.74, 6) is 0.435. The van der Waals surface area contributed by atoms with Crippen LogP contribution >= 0.6 is 0 Å². The van der Waals surface area contributed by atoms with Crippen LogP contribution in [0.25, 0.3) is 0 Å². The maximum absolute atomic E-state index is 11.1. The Morgan fingerprint density at radius 1 is 1.53 bits per heavy atom. The number of benzene rings is 1. The van der Waals surface area contributed by atoms with E-state index in [0.29, 0.717) is 18.7 Å².